The first-order chi connectivity index (χ1) is 16.9. The van der Waals surface area contributed by atoms with Gasteiger partial charge in [-0.05, 0) is 44.0 Å². The molecule has 4 aromatic rings. The number of fused-ring (bicyclic) bond motifs is 6. The third-order valence-electron chi connectivity index (χ3n) is 7.36. The van der Waals surface area contributed by atoms with E-state index in [0.717, 1.165) is 10.8 Å². The molecule has 6 rings (SSSR count). The number of ether oxygens (including phenoxy) is 2. The van der Waals surface area contributed by atoms with Gasteiger partial charge in [0.2, 0.25) is 11.8 Å². The lowest BCUT2D eigenvalue weighted by Gasteiger charge is -2.26. The van der Waals surface area contributed by atoms with Crippen molar-refractivity contribution in [3.63, 3.8) is 0 Å². The number of hydrogen-bond acceptors (Lipinski definition) is 5. The van der Waals surface area contributed by atoms with Gasteiger partial charge in [0.15, 0.2) is 0 Å². The van der Waals surface area contributed by atoms with Gasteiger partial charge in [-0.3, -0.25) is 4.57 Å². The number of aromatic hydroxyl groups is 2. The molecule has 1 aromatic heterocycles. The molecule has 0 radical (unpaired) electrons. The van der Waals surface area contributed by atoms with Gasteiger partial charge in [0.25, 0.3) is 0 Å². The Morgan fingerprint density at radius 1 is 1.03 bits per heavy atom. The van der Waals surface area contributed by atoms with E-state index in [1.54, 1.807) is 24.3 Å². The Morgan fingerprint density at radius 3 is 2.57 bits per heavy atom. The van der Waals surface area contributed by atoms with Crippen molar-refractivity contribution >= 4 is 10.8 Å². The van der Waals surface area contributed by atoms with Crippen LogP contribution in [0.3, 0.4) is 0 Å². The van der Waals surface area contributed by atoms with Crippen molar-refractivity contribution in [2.75, 3.05) is 6.61 Å². The van der Waals surface area contributed by atoms with E-state index in [9.17, 15) is 19.9 Å². The fourth-order valence-electron chi connectivity index (χ4n) is 5.80. The molecule has 0 saturated carbocycles. The van der Waals surface area contributed by atoms with Crippen LogP contribution < -0.4 is 4.74 Å². The zero-order valence-electron chi connectivity index (χ0n) is 19.1. The van der Waals surface area contributed by atoms with Crippen molar-refractivity contribution in [3.8, 4) is 29.3 Å². The fraction of sp³-hybridized carbons (Fsp3) is 0.250. The van der Waals surface area contributed by atoms with Crippen LogP contribution in [0.2, 0.25) is 0 Å². The number of aromatic nitrogens is 1. The van der Waals surface area contributed by atoms with Crippen LogP contribution in [0.5, 0.6) is 17.5 Å². The van der Waals surface area contributed by atoms with Gasteiger partial charge in [0.05, 0.1) is 40.7 Å². The molecule has 2 N–H and O–H groups in total. The smallest absolute Gasteiger partial charge is 0.205 e. The molecule has 3 aromatic carbocycles. The molecule has 2 aliphatic rings. The molecule has 0 spiro atoms. The first-order valence-corrected chi connectivity index (χ1v) is 11.6. The number of benzene rings is 3. The highest BCUT2D eigenvalue weighted by Gasteiger charge is 2.61. The van der Waals surface area contributed by atoms with E-state index in [4.69, 9.17) is 9.47 Å². The summed E-state index contributed by atoms with van der Waals surface area (Å²) < 4.78 is 27.2. The molecule has 2 aliphatic heterocycles. The second kappa shape index (κ2) is 7.49. The second-order valence-electron chi connectivity index (χ2n) is 9.41. The number of rotatable bonds is 5. The summed E-state index contributed by atoms with van der Waals surface area (Å²) >= 11 is 0. The van der Waals surface area contributed by atoms with Crippen molar-refractivity contribution in [1.82, 2.24) is 4.57 Å². The Hall–Kier alpha value is -4.02. The van der Waals surface area contributed by atoms with E-state index in [2.05, 4.69) is 6.07 Å². The summed E-state index contributed by atoms with van der Waals surface area (Å²) in [6.07, 6.45) is 1.77. The summed E-state index contributed by atoms with van der Waals surface area (Å²) in [5, 5.41) is 33.9. The molecule has 1 saturated heterocycles. The largest absolute Gasteiger partial charge is 0.494 e. The average molecular weight is 471 g/mol. The van der Waals surface area contributed by atoms with Crippen molar-refractivity contribution in [3.05, 3.63) is 83.2 Å². The Morgan fingerprint density at radius 2 is 1.80 bits per heavy atom. The first-order valence-electron chi connectivity index (χ1n) is 11.6. The molecule has 176 valence electrons. The Balaban J connectivity index is 1.44. The third-order valence-corrected chi connectivity index (χ3v) is 7.36. The normalized spacial score (nSPS) is 22.3. The van der Waals surface area contributed by atoms with E-state index < -0.39 is 11.2 Å². The van der Waals surface area contributed by atoms with Crippen LogP contribution in [-0.2, 0) is 15.9 Å². The van der Waals surface area contributed by atoms with Gasteiger partial charge in [0.1, 0.15) is 17.2 Å². The van der Waals surface area contributed by atoms with Crippen molar-refractivity contribution in [2.24, 2.45) is 0 Å². The summed E-state index contributed by atoms with van der Waals surface area (Å²) in [6, 6.07) is 19.0. The van der Waals surface area contributed by atoms with Crippen molar-refractivity contribution in [1.29, 1.82) is 5.26 Å². The highest BCUT2D eigenvalue weighted by molar-refractivity contribution is 5.95. The third kappa shape index (κ3) is 3.03. The molecular weight excluding hydrogens is 447 g/mol. The summed E-state index contributed by atoms with van der Waals surface area (Å²) in [5.74, 6) is -0.0964. The maximum atomic E-state index is 13.5. The first kappa shape index (κ1) is 21.5. The minimum atomic E-state index is -0.827. The van der Waals surface area contributed by atoms with Gasteiger partial charge < -0.3 is 19.7 Å². The summed E-state index contributed by atoms with van der Waals surface area (Å²) in [7, 11) is 0. The maximum absolute atomic E-state index is 13.5. The minimum Gasteiger partial charge on any atom is -0.494 e. The average Bonchev–Trinajstić information content (AvgIpc) is 3.43. The van der Waals surface area contributed by atoms with Crippen LogP contribution in [0.4, 0.5) is 4.39 Å². The lowest BCUT2D eigenvalue weighted by Crippen LogP contribution is -2.25. The standard InChI is InChI=1S/C28H23FN2O4/c1-27-11-12-28(35-27,13-14-34-19-6-4-5-18(29)15-19)24-23(27)25(32)31(26(24)33)22-10-9-17(16-30)20-7-2-3-8-21(20)22/h2-10,15,32-33H,11-14H2,1H3/t27-,28-/m0/s1. The Kier molecular flexibility index (Phi) is 4.60. The predicted octanol–water partition coefficient (Wildman–Crippen LogP) is 5.76. The van der Waals surface area contributed by atoms with Crippen LogP contribution in [0.15, 0.2) is 60.7 Å². The minimum absolute atomic E-state index is 0.0671. The van der Waals surface area contributed by atoms with Crippen LogP contribution >= 0.6 is 0 Å². The summed E-state index contributed by atoms with van der Waals surface area (Å²) in [4.78, 5) is 0. The number of halogens is 1. The van der Waals surface area contributed by atoms with Crippen LogP contribution in [0.1, 0.15) is 42.9 Å². The topological polar surface area (TPSA) is 87.6 Å². The van der Waals surface area contributed by atoms with Gasteiger partial charge in [-0.1, -0.05) is 30.3 Å². The van der Waals surface area contributed by atoms with E-state index in [0.29, 0.717) is 47.4 Å². The molecule has 7 heteroatoms. The Labute approximate surface area is 201 Å². The lowest BCUT2D eigenvalue weighted by atomic mass is 9.78. The van der Waals surface area contributed by atoms with Crippen LogP contribution in [-0.4, -0.2) is 21.4 Å². The molecule has 0 aliphatic carbocycles. The fourth-order valence-corrected chi connectivity index (χ4v) is 5.80. The van der Waals surface area contributed by atoms with E-state index in [1.165, 1.54) is 16.7 Å². The SMILES string of the molecule is C[C@@]12CC[C@@](CCOc3cccc(F)c3)(O1)c1c2c(O)n(-c2ccc(C#N)c3ccccc23)c1O. The van der Waals surface area contributed by atoms with Gasteiger partial charge in [-0.2, -0.15) is 5.26 Å². The monoisotopic (exact) mass is 470 g/mol. The molecule has 2 atom stereocenters. The van der Waals surface area contributed by atoms with Gasteiger partial charge >= 0.3 is 0 Å². The van der Waals surface area contributed by atoms with Gasteiger partial charge in [0, 0.05) is 23.3 Å². The van der Waals surface area contributed by atoms with Gasteiger partial charge in [-0.25, -0.2) is 4.39 Å². The van der Waals surface area contributed by atoms with E-state index >= 15 is 0 Å². The zero-order chi connectivity index (χ0) is 24.4. The molecule has 1 fully saturated rings. The predicted molar refractivity (Wildman–Crippen MR) is 127 cm³/mol. The van der Waals surface area contributed by atoms with Crippen molar-refractivity contribution in [2.45, 2.75) is 37.4 Å². The molecule has 0 amide bonds. The highest BCUT2D eigenvalue weighted by atomic mass is 19.1. The summed E-state index contributed by atoms with van der Waals surface area (Å²) in [5.41, 5.74) is 0.679. The van der Waals surface area contributed by atoms with Crippen LogP contribution in [0, 0.1) is 17.1 Å². The highest BCUT2D eigenvalue weighted by Crippen LogP contribution is 2.65. The molecule has 0 unspecified atom stereocenters. The van der Waals surface area contributed by atoms with Crippen molar-refractivity contribution < 1.29 is 24.1 Å². The molecule has 3 heterocycles. The second-order valence-corrected chi connectivity index (χ2v) is 9.41. The molecule has 6 nitrogen and oxygen atoms in total. The molecule has 2 bridgehead atoms. The number of nitrogens with zero attached hydrogens (tertiary/aromatic N) is 2. The summed E-state index contributed by atoms with van der Waals surface area (Å²) in [6.45, 7) is 2.18. The van der Waals surface area contributed by atoms with Gasteiger partial charge in [-0.15, -0.1) is 0 Å². The van der Waals surface area contributed by atoms with E-state index in [1.807, 2.05) is 31.2 Å². The lowest BCUT2D eigenvalue weighted by molar-refractivity contribution is -0.0876. The quantitative estimate of drug-likeness (QED) is 0.387. The van der Waals surface area contributed by atoms with Crippen LogP contribution in [0.25, 0.3) is 16.5 Å². The maximum Gasteiger partial charge on any atom is 0.205 e. The number of nitriles is 1. The van der Waals surface area contributed by atoms with E-state index in [-0.39, 0.29) is 24.2 Å². The zero-order valence-corrected chi connectivity index (χ0v) is 19.1. The molecular formula is C28H23FN2O4. The Bertz CT molecular complexity index is 1540. The number of hydrogen-bond donors (Lipinski definition) is 2. The molecule has 35 heavy (non-hydrogen) atoms.